The molecule has 4 rings (SSSR count). The maximum atomic E-state index is 11.9. The molecule has 1 atom stereocenters. The molecule has 2 aliphatic heterocycles. The van der Waals surface area contributed by atoms with Gasteiger partial charge in [-0.05, 0) is 50.3 Å². The first-order valence-corrected chi connectivity index (χ1v) is 9.33. The van der Waals surface area contributed by atoms with E-state index in [1.807, 2.05) is 12.1 Å². The molecule has 0 spiro atoms. The summed E-state index contributed by atoms with van der Waals surface area (Å²) in [6.07, 6.45) is 7.84. The largest absolute Gasteiger partial charge is 0.479 e. The smallest absolute Gasteiger partial charge is 0.331 e. The molecule has 0 amide bonds. The Morgan fingerprint density at radius 3 is 2.81 bits per heavy atom. The van der Waals surface area contributed by atoms with Gasteiger partial charge >= 0.3 is 5.97 Å². The second-order valence-electron chi connectivity index (χ2n) is 7.22. The van der Waals surface area contributed by atoms with Crippen molar-refractivity contribution in [3.05, 3.63) is 42.1 Å². The summed E-state index contributed by atoms with van der Waals surface area (Å²) < 4.78 is 13.4. The van der Waals surface area contributed by atoms with Crippen molar-refractivity contribution in [3.8, 4) is 0 Å². The molecule has 2 aliphatic rings. The molecular weight excluding hydrogens is 334 g/mol. The van der Waals surface area contributed by atoms with E-state index >= 15 is 0 Å². The highest BCUT2D eigenvalue weighted by Crippen LogP contribution is 2.32. The number of ether oxygens (including phenoxy) is 1. The van der Waals surface area contributed by atoms with Gasteiger partial charge in [0.25, 0.3) is 0 Å². The van der Waals surface area contributed by atoms with Gasteiger partial charge in [-0.25, -0.2) is 4.79 Å². The first-order chi connectivity index (χ1) is 12.7. The maximum absolute atomic E-state index is 11.9. The molecule has 0 radical (unpaired) electrons. The van der Waals surface area contributed by atoms with Gasteiger partial charge in [0, 0.05) is 32.1 Å². The zero-order valence-electron chi connectivity index (χ0n) is 14.8. The van der Waals surface area contributed by atoms with Crippen molar-refractivity contribution >= 4 is 5.97 Å². The summed E-state index contributed by atoms with van der Waals surface area (Å²) in [6, 6.07) is 5.80. The molecule has 1 N–H and O–H groups in total. The zero-order valence-corrected chi connectivity index (χ0v) is 14.8. The topological polar surface area (TPSA) is 80.7 Å². The summed E-state index contributed by atoms with van der Waals surface area (Å²) in [4.78, 5) is 14.2. The second kappa shape index (κ2) is 7.25. The molecule has 0 aromatic carbocycles. The number of piperidine rings is 1. The van der Waals surface area contributed by atoms with E-state index in [9.17, 15) is 9.90 Å². The minimum Gasteiger partial charge on any atom is -0.479 e. The molecule has 0 saturated carbocycles. The SMILES string of the molecule is O=C(O)C1(n2cccn2)CCN(Cc2ccc([C@H]3CCCCO3)o2)CC1. The van der Waals surface area contributed by atoms with Gasteiger partial charge in [-0.3, -0.25) is 9.58 Å². The molecule has 4 heterocycles. The van der Waals surface area contributed by atoms with Crippen LogP contribution in [0.4, 0.5) is 0 Å². The fourth-order valence-corrected chi connectivity index (χ4v) is 3.98. The number of carboxylic acids is 1. The summed E-state index contributed by atoms with van der Waals surface area (Å²) >= 11 is 0. The molecule has 7 heteroatoms. The van der Waals surface area contributed by atoms with Crippen LogP contribution in [-0.4, -0.2) is 45.5 Å². The second-order valence-corrected chi connectivity index (χ2v) is 7.22. The Kier molecular flexibility index (Phi) is 4.82. The normalized spacial score (nSPS) is 23.8. The molecule has 140 valence electrons. The van der Waals surface area contributed by atoms with Crippen molar-refractivity contribution in [3.63, 3.8) is 0 Å². The lowest BCUT2D eigenvalue weighted by Crippen LogP contribution is -2.51. The van der Waals surface area contributed by atoms with Crippen LogP contribution in [0.15, 0.2) is 35.0 Å². The van der Waals surface area contributed by atoms with E-state index in [-0.39, 0.29) is 6.10 Å². The molecule has 0 aliphatic carbocycles. The summed E-state index contributed by atoms with van der Waals surface area (Å²) in [5.74, 6) is 1.01. The Labute approximate surface area is 152 Å². The van der Waals surface area contributed by atoms with Gasteiger partial charge in [-0.1, -0.05) is 0 Å². The van der Waals surface area contributed by atoms with Crippen molar-refractivity contribution in [2.75, 3.05) is 19.7 Å². The van der Waals surface area contributed by atoms with E-state index < -0.39 is 11.5 Å². The number of rotatable bonds is 5. The van der Waals surface area contributed by atoms with Gasteiger partial charge in [-0.2, -0.15) is 5.10 Å². The van der Waals surface area contributed by atoms with E-state index in [4.69, 9.17) is 9.15 Å². The molecule has 2 saturated heterocycles. The molecule has 7 nitrogen and oxygen atoms in total. The van der Waals surface area contributed by atoms with Crippen molar-refractivity contribution < 1.29 is 19.1 Å². The Balaban J connectivity index is 1.38. The average molecular weight is 359 g/mol. The fraction of sp³-hybridized carbons (Fsp3) is 0.579. The Hall–Kier alpha value is -2.12. The molecular formula is C19H25N3O4. The Morgan fingerprint density at radius 2 is 2.15 bits per heavy atom. The number of nitrogens with zero attached hydrogens (tertiary/aromatic N) is 3. The number of hydrogen-bond donors (Lipinski definition) is 1. The lowest BCUT2D eigenvalue weighted by molar-refractivity contribution is -0.151. The number of likely N-dealkylation sites (tertiary alicyclic amines) is 1. The highest BCUT2D eigenvalue weighted by Gasteiger charge is 2.44. The number of carboxylic acid groups (broad SMARTS) is 1. The minimum atomic E-state index is -0.940. The highest BCUT2D eigenvalue weighted by molar-refractivity contribution is 5.76. The van der Waals surface area contributed by atoms with Crippen LogP contribution in [0.3, 0.4) is 0 Å². The van der Waals surface area contributed by atoms with Crippen molar-refractivity contribution in [1.29, 1.82) is 0 Å². The minimum absolute atomic E-state index is 0.0818. The van der Waals surface area contributed by atoms with Gasteiger partial charge < -0.3 is 14.3 Å². The number of furan rings is 1. The number of aliphatic carboxylic acids is 1. The lowest BCUT2D eigenvalue weighted by atomic mass is 9.87. The van der Waals surface area contributed by atoms with E-state index in [0.29, 0.717) is 32.5 Å². The molecule has 2 aromatic heterocycles. The van der Waals surface area contributed by atoms with Crippen LogP contribution in [-0.2, 0) is 21.6 Å². The Morgan fingerprint density at radius 1 is 1.31 bits per heavy atom. The van der Waals surface area contributed by atoms with E-state index in [0.717, 1.165) is 31.0 Å². The number of hydrogen-bond acceptors (Lipinski definition) is 5. The summed E-state index contributed by atoms with van der Waals surface area (Å²) in [7, 11) is 0. The van der Waals surface area contributed by atoms with Gasteiger partial charge in [0.05, 0.1) is 6.54 Å². The summed E-state index contributed by atoms with van der Waals surface area (Å²) in [5.41, 5.74) is -0.940. The average Bonchev–Trinajstić information content (AvgIpc) is 3.35. The quantitative estimate of drug-likeness (QED) is 0.884. The lowest BCUT2D eigenvalue weighted by Gasteiger charge is -2.38. The van der Waals surface area contributed by atoms with Crippen LogP contribution < -0.4 is 0 Å². The third-order valence-electron chi connectivity index (χ3n) is 5.58. The molecule has 2 aromatic rings. The maximum Gasteiger partial charge on any atom is 0.331 e. The van der Waals surface area contributed by atoms with Crippen LogP contribution in [0.5, 0.6) is 0 Å². The predicted octanol–water partition coefficient (Wildman–Crippen LogP) is 2.79. The Bertz CT molecular complexity index is 726. The van der Waals surface area contributed by atoms with E-state index in [1.54, 1.807) is 23.1 Å². The standard InChI is InChI=1S/C19H25N3O4/c23-18(24)19(22-10-3-9-20-22)7-11-21(12-8-19)14-15-5-6-17(26-15)16-4-1-2-13-25-16/h3,5-6,9-10,16H,1-2,4,7-8,11-14H2,(H,23,24)/t16-/m1/s1. The predicted molar refractivity (Wildman–Crippen MR) is 93.6 cm³/mol. The molecule has 0 bridgehead atoms. The van der Waals surface area contributed by atoms with Crippen LogP contribution in [0.2, 0.25) is 0 Å². The van der Waals surface area contributed by atoms with Crippen molar-refractivity contribution in [2.24, 2.45) is 0 Å². The van der Waals surface area contributed by atoms with Crippen LogP contribution in [0.1, 0.15) is 49.7 Å². The molecule has 0 unspecified atom stereocenters. The zero-order chi connectivity index (χ0) is 18.0. The van der Waals surface area contributed by atoms with Gasteiger partial charge in [0.2, 0.25) is 0 Å². The number of aromatic nitrogens is 2. The third kappa shape index (κ3) is 3.29. The summed E-state index contributed by atoms with van der Waals surface area (Å²) in [6.45, 7) is 2.89. The summed E-state index contributed by atoms with van der Waals surface area (Å²) in [5, 5.41) is 14.0. The fourth-order valence-electron chi connectivity index (χ4n) is 3.98. The van der Waals surface area contributed by atoms with Crippen LogP contribution >= 0.6 is 0 Å². The first kappa shape index (κ1) is 17.3. The van der Waals surface area contributed by atoms with Gasteiger partial charge in [-0.15, -0.1) is 0 Å². The van der Waals surface area contributed by atoms with E-state index in [2.05, 4.69) is 10.00 Å². The number of carbonyl (C=O) groups is 1. The van der Waals surface area contributed by atoms with Crippen molar-refractivity contribution in [1.82, 2.24) is 14.7 Å². The molecule has 2 fully saturated rings. The first-order valence-electron chi connectivity index (χ1n) is 9.33. The van der Waals surface area contributed by atoms with Gasteiger partial charge in [0.15, 0.2) is 5.54 Å². The highest BCUT2D eigenvalue weighted by atomic mass is 16.5. The van der Waals surface area contributed by atoms with Gasteiger partial charge in [0.1, 0.15) is 17.6 Å². The monoisotopic (exact) mass is 359 g/mol. The van der Waals surface area contributed by atoms with Crippen LogP contribution in [0.25, 0.3) is 0 Å². The van der Waals surface area contributed by atoms with Crippen molar-refractivity contribution in [2.45, 2.75) is 50.3 Å². The third-order valence-corrected chi connectivity index (χ3v) is 5.58. The molecule has 26 heavy (non-hydrogen) atoms. The van der Waals surface area contributed by atoms with Crippen LogP contribution in [0, 0.1) is 0 Å². The van der Waals surface area contributed by atoms with E-state index in [1.165, 1.54) is 6.42 Å².